The minimum Gasteiger partial charge on any atom is -0.310 e. The van der Waals surface area contributed by atoms with Gasteiger partial charge in [-0.1, -0.05) is 41.9 Å². The third-order valence-electron chi connectivity index (χ3n) is 3.79. The van der Waals surface area contributed by atoms with Gasteiger partial charge in [-0.25, -0.2) is 4.98 Å². The lowest BCUT2D eigenvalue weighted by molar-refractivity contribution is -0.116. The molecule has 1 unspecified atom stereocenters. The first-order valence-electron chi connectivity index (χ1n) is 7.16. The Morgan fingerprint density at radius 2 is 2.17 bits per heavy atom. The molecule has 0 fully saturated rings. The number of aromatic nitrogens is 2. The van der Waals surface area contributed by atoms with Gasteiger partial charge in [0.25, 0.3) is 5.56 Å². The Bertz CT molecular complexity index is 867. The predicted octanol–water partition coefficient (Wildman–Crippen LogP) is 2.28. The maximum Gasteiger partial charge on any atom is 0.257 e. The molecule has 1 aromatic heterocycles. The largest absolute Gasteiger partial charge is 0.310 e. The van der Waals surface area contributed by atoms with Gasteiger partial charge in [-0.2, -0.15) is 0 Å². The smallest absolute Gasteiger partial charge is 0.257 e. The molecule has 1 amide bonds. The number of hydrogen-bond acceptors (Lipinski definition) is 4. The summed E-state index contributed by atoms with van der Waals surface area (Å²) in [4.78, 5) is 31.7. The van der Waals surface area contributed by atoms with Crippen LogP contribution in [-0.4, -0.2) is 21.6 Å². The Kier molecular flexibility index (Phi) is 4.22. The number of benzene rings is 1. The van der Waals surface area contributed by atoms with Gasteiger partial charge in [-0.15, -0.1) is 6.42 Å². The number of hydrogen-bond donors (Lipinski definition) is 2. The average Bonchev–Trinajstić information content (AvgIpc) is 2.52. The molecule has 2 N–H and O–H groups in total. The molecular formula is C17H15N3O2S. The van der Waals surface area contributed by atoms with Crippen LogP contribution < -0.4 is 10.9 Å². The number of nitrogens with one attached hydrogen (secondary N) is 2. The molecule has 0 radical (unpaired) electrons. The van der Waals surface area contributed by atoms with E-state index in [4.69, 9.17) is 6.42 Å². The number of terminal acetylenes is 1. The molecule has 2 aromatic rings. The molecule has 0 aliphatic carbocycles. The van der Waals surface area contributed by atoms with Gasteiger partial charge in [0, 0.05) is 12.3 Å². The fraction of sp³-hybridized carbons (Fsp3) is 0.235. The third-order valence-corrected chi connectivity index (χ3v) is 4.56. The third kappa shape index (κ3) is 3.01. The Morgan fingerprint density at radius 3 is 2.91 bits per heavy atom. The Labute approximate surface area is 137 Å². The van der Waals surface area contributed by atoms with Gasteiger partial charge in [0.1, 0.15) is 5.82 Å². The normalized spacial score (nSPS) is 16.3. The highest BCUT2D eigenvalue weighted by atomic mass is 32.2. The van der Waals surface area contributed by atoms with Crippen molar-refractivity contribution in [2.45, 2.75) is 24.4 Å². The van der Waals surface area contributed by atoms with Crippen LogP contribution in [0.1, 0.15) is 29.0 Å². The molecule has 23 heavy (non-hydrogen) atoms. The SMILES string of the molecule is C#CCSc1nc2c(c(=O)[nH]1)C(c1ccccc1C)CC(=O)N2. The van der Waals surface area contributed by atoms with Crippen molar-refractivity contribution in [2.24, 2.45) is 0 Å². The van der Waals surface area contributed by atoms with Crippen LogP contribution in [0.3, 0.4) is 0 Å². The molecule has 3 rings (SSSR count). The van der Waals surface area contributed by atoms with Gasteiger partial charge < -0.3 is 10.3 Å². The summed E-state index contributed by atoms with van der Waals surface area (Å²) in [6.45, 7) is 1.97. The van der Waals surface area contributed by atoms with Crippen LogP contribution in [0.4, 0.5) is 5.82 Å². The van der Waals surface area contributed by atoms with E-state index in [2.05, 4.69) is 21.2 Å². The summed E-state index contributed by atoms with van der Waals surface area (Å²) in [5.74, 6) is 2.78. The second kappa shape index (κ2) is 6.31. The second-order valence-corrected chi connectivity index (χ2v) is 6.25. The van der Waals surface area contributed by atoms with E-state index in [-0.39, 0.29) is 23.8 Å². The highest BCUT2D eigenvalue weighted by Crippen LogP contribution is 2.35. The topological polar surface area (TPSA) is 74.8 Å². The molecule has 0 saturated carbocycles. The fourth-order valence-electron chi connectivity index (χ4n) is 2.77. The summed E-state index contributed by atoms with van der Waals surface area (Å²) in [5, 5.41) is 3.12. The van der Waals surface area contributed by atoms with Crippen LogP contribution in [0.25, 0.3) is 0 Å². The van der Waals surface area contributed by atoms with Crippen molar-refractivity contribution in [3.63, 3.8) is 0 Å². The van der Waals surface area contributed by atoms with Crippen molar-refractivity contribution in [1.29, 1.82) is 0 Å². The molecule has 1 aromatic carbocycles. The molecule has 2 heterocycles. The summed E-state index contributed by atoms with van der Waals surface area (Å²) in [5.41, 5.74) is 2.29. The van der Waals surface area contributed by atoms with E-state index in [1.165, 1.54) is 11.8 Å². The number of rotatable bonds is 3. The van der Waals surface area contributed by atoms with Crippen molar-refractivity contribution in [3.05, 3.63) is 51.3 Å². The number of thioether (sulfide) groups is 1. The van der Waals surface area contributed by atoms with Gasteiger partial charge in [0.05, 0.1) is 11.3 Å². The highest BCUT2D eigenvalue weighted by Gasteiger charge is 2.31. The minimum absolute atomic E-state index is 0.142. The number of carbonyl (C=O) groups excluding carboxylic acids is 1. The lowest BCUT2D eigenvalue weighted by Gasteiger charge is -2.25. The van der Waals surface area contributed by atoms with Gasteiger partial charge in [0.2, 0.25) is 5.91 Å². The standard InChI is InChI=1S/C17H15N3O2S/c1-3-8-23-17-19-15-14(16(22)20-17)12(9-13(21)18-15)11-7-5-4-6-10(11)2/h1,4-7,12H,8-9H2,2H3,(H2,18,19,20,21,22). The molecule has 0 bridgehead atoms. The van der Waals surface area contributed by atoms with Gasteiger partial charge in [-0.05, 0) is 18.1 Å². The first-order valence-corrected chi connectivity index (χ1v) is 8.14. The maximum absolute atomic E-state index is 12.5. The molecule has 1 aliphatic heterocycles. The molecule has 1 aliphatic rings. The first kappa shape index (κ1) is 15.4. The van der Waals surface area contributed by atoms with E-state index >= 15 is 0 Å². The number of aryl methyl sites for hydroxylation is 1. The molecule has 0 spiro atoms. The Morgan fingerprint density at radius 1 is 1.39 bits per heavy atom. The molecule has 6 heteroatoms. The van der Waals surface area contributed by atoms with Crippen LogP contribution >= 0.6 is 11.8 Å². The Hall–Kier alpha value is -2.52. The molecule has 116 valence electrons. The number of amides is 1. The van der Waals surface area contributed by atoms with E-state index in [9.17, 15) is 9.59 Å². The fourth-order valence-corrected chi connectivity index (χ4v) is 3.31. The number of aromatic amines is 1. The first-order chi connectivity index (χ1) is 11.1. The number of carbonyl (C=O) groups is 1. The number of H-pyrrole nitrogens is 1. The van der Waals surface area contributed by atoms with E-state index < -0.39 is 0 Å². The molecule has 1 atom stereocenters. The van der Waals surface area contributed by atoms with Crippen LogP contribution in [-0.2, 0) is 4.79 Å². The van der Waals surface area contributed by atoms with Crippen LogP contribution in [0.5, 0.6) is 0 Å². The zero-order valence-electron chi connectivity index (χ0n) is 12.6. The van der Waals surface area contributed by atoms with Crippen molar-refractivity contribution in [1.82, 2.24) is 9.97 Å². The summed E-state index contributed by atoms with van der Waals surface area (Å²) in [7, 11) is 0. The van der Waals surface area contributed by atoms with Crippen LogP contribution in [0, 0.1) is 19.3 Å². The van der Waals surface area contributed by atoms with Crippen molar-refractivity contribution in [2.75, 3.05) is 11.1 Å². The van der Waals surface area contributed by atoms with E-state index in [0.717, 1.165) is 11.1 Å². The van der Waals surface area contributed by atoms with Crippen molar-refractivity contribution in [3.8, 4) is 12.3 Å². The average molecular weight is 325 g/mol. The number of anilines is 1. The quantitative estimate of drug-likeness (QED) is 0.516. The molecular weight excluding hydrogens is 310 g/mol. The summed E-state index contributed by atoms with van der Waals surface area (Å²) < 4.78 is 0. The summed E-state index contributed by atoms with van der Waals surface area (Å²) in [6.07, 6.45) is 5.46. The van der Waals surface area contributed by atoms with Gasteiger partial charge in [-0.3, -0.25) is 9.59 Å². The van der Waals surface area contributed by atoms with E-state index in [0.29, 0.717) is 22.3 Å². The Balaban J connectivity index is 2.11. The van der Waals surface area contributed by atoms with E-state index in [1.54, 1.807) is 0 Å². The van der Waals surface area contributed by atoms with Crippen LogP contribution in [0.15, 0.2) is 34.2 Å². The number of fused-ring (bicyclic) bond motifs is 1. The molecule has 5 nitrogen and oxygen atoms in total. The van der Waals surface area contributed by atoms with Crippen molar-refractivity contribution < 1.29 is 4.79 Å². The van der Waals surface area contributed by atoms with Crippen molar-refractivity contribution >= 4 is 23.5 Å². The maximum atomic E-state index is 12.5. The zero-order valence-corrected chi connectivity index (χ0v) is 13.4. The highest BCUT2D eigenvalue weighted by molar-refractivity contribution is 7.99. The summed E-state index contributed by atoms with van der Waals surface area (Å²) >= 11 is 1.25. The predicted molar refractivity (Wildman–Crippen MR) is 90.7 cm³/mol. The second-order valence-electron chi connectivity index (χ2n) is 5.29. The monoisotopic (exact) mass is 325 g/mol. The van der Waals surface area contributed by atoms with Crippen LogP contribution in [0.2, 0.25) is 0 Å². The molecule has 0 saturated heterocycles. The minimum atomic E-state index is -0.289. The van der Waals surface area contributed by atoms with Gasteiger partial charge >= 0.3 is 0 Å². The lowest BCUT2D eigenvalue weighted by Crippen LogP contribution is -2.31. The van der Waals surface area contributed by atoms with E-state index in [1.807, 2.05) is 31.2 Å². The number of nitrogens with zero attached hydrogens (tertiary/aromatic N) is 1. The van der Waals surface area contributed by atoms with Gasteiger partial charge in [0.15, 0.2) is 5.16 Å². The lowest BCUT2D eigenvalue weighted by atomic mass is 9.84. The summed E-state index contributed by atoms with van der Waals surface area (Å²) in [6, 6.07) is 7.76. The zero-order chi connectivity index (χ0) is 16.4.